The van der Waals surface area contributed by atoms with Crippen molar-refractivity contribution in [1.29, 1.82) is 0 Å². The molecule has 92 valence electrons. The second-order valence-corrected chi connectivity index (χ2v) is 4.07. The van der Waals surface area contributed by atoms with Crippen molar-refractivity contribution >= 4 is 5.91 Å². The molecule has 0 radical (unpaired) electrons. The maximum atomic E-state index is 11.2. The van der Waals surface area contributed by atoms with Crippen LogP contribution in [0.4, 0.5) is 0 Å². The third-order valence-electron chi connectivity index (χ3n) is 2.96. The minimum absolute atomic E-state index is 0.0707. The maximum absolute atomic E-state index is 11.2. The lowest BCUT2D eigenvalue weighted by Crippen LogP contribution is -2.28. The van der Waals surface area contributed by atoms with Gasteiger partial charge in [-0.25, -0.2) is 0 Å². The van der Waals surface area contributed by atoms with Crippen LogP contribution in [0.25, 0.3) is 0 Å². The molecule has 1 aliphatic heterocycles. The first-order chi connectivity index (χ1) is 8.24. The fraction of sp³-hybridized carbons (Fsp3) is 0.462. The molecule has 1 aromatic carbocycles. The van der Waals surface area contributed by atoms with Crippen LogP contribution in [0.1, 0.15) is 24.8 Å². The quantitative estimate of drug-likeness (QED) is 0.864. The zero-order valence-corrected chi connectivity index (χ0v) is 10.2. The van der Waals surface area contributed by atoms with Crippen LogP contribution in [-0.2, 0) is 4.79 Å². The van der Waals surface area contributed by atoms with Gasteiger partial charge in [-0.15, -0.1) is 0 Å². The number of ether oxygens (including phenoxy) is 2. The van der Waals surface area contributed by atoms with E-state index in [2.05, 4.69) is 5.32 Å². The van der Waals surface area contributed by atoms with E-state index in [4.69, 9.17) is 9.47 Å². The maximum Gasteiger partial charge on any atom is 0.219 e. The van der Waals surface area contributed by atoms with E-state index in [1.54, 1.807) is 7.11 Å². The molecule has 1 amide bonds. The number of hydrogen-bond donors (Lipinski definition) is 1. The van der Waals surface area contributed by atoms with Crippen molar-refractivity contribution in [3.8, 4) is 11.5 Å². The van der Waals surface area contributed by atoms with Gasteiger partial charge in [0, 0.05) is 24.4 Å². The highest BCUT2D eigenvalue weighted by molar-refractivity contribution is 5.75. The summed E-state index contributed by atoms with van der Waals surface area (Å²) in [5.74, 6) is 2.00. The Morgan fingerprint density at radius 1 is 1.59 bits per heavy atom. The second kappa shape index (κ2) is 5.08. The van der Waals surface area contributed by atoms with Gasteiger partial charge in [-0.1, -0.05) is 6.92 Å². The lowest BCUT2D eigenvalue weighted by Gasteiger charge is -2.10. The van der Waals surface area contributed by atoms with Gasteiger partial charge in [0.2, 0.25) is 5.91 Å². The Bertz CT molecular complexity index is 417. The number of benzene rings is 1. The summed E-state index contributed by atoms with van der Waals surface area (Å²) in [7, 11) is 1.64. The summed E-state index contributed by atoms with van der Waals surface area (Å²) < 4.78 is 10.8. The van der Waals surface area contributed by atoms with Gasteiger partial charge in [0.15, 0.2) is 0 Å². The van der Waals surface area contributed by atoms with Gasteiger partial charge in [-0.3, -0.25) is 4.79 Å². The minimum atomic E-state index is 0.0707. The first kappa shape index (κ1) is 11.8. The molecule has 2 rings (SSSR count). The molecule has 0 saturated heterocycles. The highest BCUT2D eigenvalue weighted by Crippen LogP contribution is 2.35. The fourth-order valence-corrected chi connectivity index (χ4v) is 1.92. The van der Waals surface area contributed by atoms with Crippen molar-refractivity contribution in [1.82, 2.24) is 5.32 Å². The Hall–Kier alpha value is -1.71. The van der Waals surface area contributed by atoms with Crippen molar-refractivity contribution in [3.63, 3.8) is 0 Å². The molecule has 4 heteroatoms. The summed E-state index contributed by atoms with van der Waals surface area (Å²) in [5, 5.41) is 2.89. The predicted molar refractivity (Wildman–Crippen MR) is 64.5 cm³/mol. The molecule has 1 unspecified atom stereocenters. The number of nitrogens with one attached hydrogen (secondary N) is 1. The molecule has 0 bridgehead atoms. The molecule has 0 aromatic heterocycles. The summed E-state index contributed by atoms with van der Waals surface area (Å²) in [6, 6.07) is 5.77. The Kier molecular flexibility index (Phi) is 3.52. The molecule has 0 fully saturated rings. The first-order valence-electron chi connectivity index (χ1n) is 5.82. The normalized spacial score (nSPS) is 17.2. The van der Waals surface area contributed by atoms with Crippen LogP contribution in [0.3, 0.4) is 0 Å². The van der Waals surface area contributed by atoms with E-state index < -0.39 is 0 Å². The van der Waals surface area contributed by atoms with Gasteiger partial charge < -0.3 is 14.8 Å². The van der Waals surface area contributed by atoms with E-state index in [0.717, 1.165) is 17.1 Å². The van der Waals surface area contributed by atoms with E-state index >= 15 is 0 Å². The lowest BCUT2D eigenvalue weighted by atomic mass is 10.0. The summed E-state index contributed by atoms with van der Waals surface area (Å²) >= 11 is 0. The summed E-state index contributed by atoms with van der Waals surface area (Å²) in [4.78, 5) is 11.2. The zero-order chi connectivity index (χ0) is 12.3. The zero-order valence-electron chi connectivity index (χ0n) is 10.2. The fourth-order valence-electron chi connectivity index (χ4n) is 1.92. The average Bonchev–Trinajstić information content (AvgIpc) is 2.78. The van der Waals surface area contributed by atoms with Crippen LogP contribution in [0.2, 0.25) is 0 Å². The van der Waals surface area contributed by atoms with Crippen LogP contribution >= 0.6 is 0 Å². The molecule has 0 aliphatic carbocycles. The minimum Gasteiger partial charge on any atom is -0.497 e. The number of carbonyl (C=O) groups excluding carboxylic acids is 1. The monoisotopic (exact) mass is 235 g/mol. The SMILES string of the molecule is CCC(=O)NCC1COc2ccc(OC)cc21. The summed E-state index contributed by atoms with van der Waals surface area (Å²) in [6.45, 7) is 3.08. The van der Waals surface area contributed by atoms with E-state index in [9.17, 15) is 4.79 Å². The third kappa shape index (κ3) is 2.52. The van der Waals surface area contributed by atoms with Crippen molar-refractivity contribution < 1.29 is 14.3 Å². The van der Waals surface area contributed by atoms with Gasteiger partial charge in [-0.2, -0.15) is 0 Å². The topological polar surface area (TPSA) is 47.6 Å². The molecule has 17 heavy (non-hydrogen) atoms. The number of carbonyl (C=O) groups is 1. The Morgan fingerprint density at radius 2 is 2.41 bits per heavy atom. The number of fused-ring (bicyclic) bond motifs is 1. The number of hydrogen-bond acceptors (Lipinski definition) is 3. The van der Waals surface area contributed by atoms with Crippen molar-refractivity contribution in [2.45, 2.75) is 19.3 Å². The smallest absolute Gasteiger partial charge is 0.219 e. The average molecular weight is 235 g/mol. The highest BCUT2D eigenvalue weighted by atomic mass is 16.5. The van der Waals surface area contributed by atoms with Crippen molar-refractivity contribution in [2.24, 2.45) is 0 Å². The molecule has 4 nitrogen and oxygen atoms in total. The number of methoxy groups -OCH3 is 1. The Labute approximate surface area is 101 Å². The van der Waals surface area contributed by atoms with E-state index in [0.29, 0.717) is 19.6 Å². The second-order valence-electron chi connectivity index (χ2n) is 4.07. The van der Waals surface area contributed by atoms with Gasteiger partial charge in [0.25, 0.3) is 0 Å². The molecule has 1 heterocycles. The van der Waals surface area contributed by atoms with E-state index in [-0.39, 0.29) is 11.8 Å². The number of rotatable bonds is 4. The summed E-state index contributed by atoms with van der Waals surface area (Å²) in [5.41, 5.74) is 1.11. The van der Waals surface area contributed by atoms with E-state index in [1.165, 1.54) is 0 Å². The first-order valence-corrected chi connectivity index (χ1v) is 5.82. The molecule has 1 aromatic rings. The van der Waals surface area contributed by atoms with Gasteiger partial charge in [-0.05, 0) is 18.2 Å². The van der Waals surface area contributed by atoms with Crippen molar-refractivity contribution in [2.75, 3.05) is 20.3 Å². The number of amides is 1. The van der Waals surface area contributed by atoms with Crippen LogP contribution in [0, 0.1) is 0 Å². The summed E-state index contributed by atoms with van der Waals surface area (Å²) in [6.07, 6.45) is 0.512. The largest absolute Gasteiger partial charge is 0.497 e. The molecule has 0 saturated carbocycles. The van der Waals surface area contributed by atoms with Crippen LogP contribution in [0.5, 0.6) is 11.5 Å². The standard InChI is InChI=1S/C13H17NO3/c1-3-13(15)14-7-9-8-17-12-5-4-10(16-2)6-11(9)12/h4-6,9H,3,7-8H2,1-2H3,(H,14,15). The molecular weight excluding hydrogens is 218 g/mol. The molecule has 0 spiro atoms. The van der Waals surface area contributed by atoms with Crippen LogP contribution in [0.15, 0.2) is 18.2 Å². The third-order valence-corrected chi connectivity index (χ3v) is 2.96. The molecule has 1 atom stereocenters. The highest BCUT2D eigenvalue weighted by Gasteiger charge is 2.24. The van der Waals surface area contributed by atoms with Gasteiger partial charge in [0.05, 0.1) is 13.7 Å². The predicted octanol–water partition coefficient (Wildman–Crippen LogP) is 1.70. The lowest BCUT2D eigenvalue weighted by molar-refractivity contribution is -0.120. The van der Waals surface area contributed by atoms with Crippen molar-refractivity contribution in [3.05, 3.63) is 23.8 Å². The molecule has 1 aliphatic rings. The Balaban J connectivity index is 2.07. The Morgan fingerprint density at radius 3 is 3.12 bits per heavy atom. The van der Waals surface area contributed by atoms with Crippen LogP contribution < -0.4 is 14.8 Å². The molecular formula is C13H17NO3. The van der Waals surface area contributed by atoms with Gasteiger partial charge in [0.1, 0.15) is 11.5 Å². The van der Waals surface area contributed by atoms with Crippen LogP contribution in [-0.4, -0.2) is 26.2 Å². The molecule has 1 N–H and O–H groups in total. The van der Waals surface area contributed by atoms with E-state index in [1.807, 2.05) is 25.1 Å². The van der Waals surface area contributed by atoms with Gasteiger partial charge >= 0.3 is 0 Å².